The summed E-state index contributed by atoms with van der Waals surface area (Å²) in [6.07, 6.45) is 0. The van der Waals surface area contributed by atoms with Crippen molar-refractivity contribution in [2.24, 2.45) is 0 Å². The minimum atomic E-state index is -0.765. The van der Waals surface area contributed by atoms with Gasteiger partial charge >= 0.3 is 0 Å². The van der Waals surface area contributed by atoms with E-state index >= 15 is 0 Å². The van der Waals surface area contributed by atoms with E-state index in [1.165, 1.54) is 12.1 Å². The van der Waals surface area contributed by atoms with Crippen LogP contribution < -0.4 is 10.2 Å². The molecule has 0 radical (unpaired) electrons. The number of aromatic nitrogens is 1. The van der Waals surface area contributed by atoms with E-state index in [-0.39, 0.29) is 0 Å². The van der Waals surface area contributed by atoms with Gasteiger partial charge in [-0.15, -0.1) is 0 Å². The molecule has 3 nitrogen and oxygen atoms in total. The lowest BCUT2D eigenvalue weighted by molar-refractivity contribution is 0.509. The molecule has 0 atom stereocenters. The first-order valence-corrected chi connectivity index (χ1v) is 4.54. The molecule has 1 aliphatic heterocycles. The molecule has 0 aromatic carbocycles. The minimum Gasteiger partial charge on any atom is -0.369 e. The van der Waals surface area contributed by atoms with Crippen LogP contribution in [0.5, 0.6) is 0 Å². The van der Waals surface area contributed by atoms with Crippen LogP contribution in [0.2, 0.25) is 0 Å². The van der Waals surface area contributed by atoms with Crippen molar-refractivity contribution in [1.29, 1.82) is 0 Å². The van der Waals surface area contributed by atoms with Gasteiger partial charge in [0.1, 0.15) is 0 Å². The fourth-order valence-electron chi connectivity index (χ4n) is 1.56. The smallest absolute Gasteiger partial charge is 0.217 e. The van der Waals surface area contributed by atoms with Gasteiger partial charge in [0.2, 0.25) is 11.9 Å². The highest BCUT2D eigenvalue weighted by Gasteiger charge is 2.12. The predicted molar refractivity (Wildman–Crippen MR) is 49.2 cm³/mol. The SMILES string of the molecule is Fc1cc(N2CCNCC2)cc(F)n1. The Morgan fingerprint density at radius 3 is 2.29 bits per heavy atom. The van der Waals surface area contributed by atoms with Crippen LogP contribution >= 0.6 is 0 Å². The van der Waals surface area contributed by atoms with Gasteiger partial charge in [0.25, 0.3) is 0 Å². The molecule has 0 bridgehead atoms. The second-order valence-corrected chi connectivity index (χ2v) is 3.21. The maximum absolute atomic E-state index is 12.8. The van der Waals surface area contributed by atoms with Crippen LogP contribution in [-0.4, -0.2) is 31.2 Å². The third-order valence-corrected chi connectivity index (χ3v) is 2.23. The number of anilines is 1. The number of rotatable bonds is 1. The molecule has 14 heavy (non-hydrogen) atoms. The quantitative estimate of drug-likeness (QED) is 0.677. The van der Waals surface area contributed by atoms with E-state index in [9.17, 15) is 8.78 Å². The van der Waals surface area contributed by atoms with Crippen LogP contribution in [0.3, 0.4) is 0 Å². The maximum atomic E-state index is 12.8. The number of halogens is 2. The van der Waals surface area contributed by atoms with E-state index in [2.05, 4.69) is 10.3 Å². The van der Waals surface area contributed by atoms with Crippen molar-refractivity contribution >= 4 is 5.69 Å². The van der Waals surface area contributed by atoms with Crippen molar-refractivity contribution < 1.29 is 8.78 Å². The highest BCUT2D eigenvalue weighted by Crippen LogP contribution is 2.16. The molecular formula is C9H11F2N3. The number of nitrogens with zero attached hydrogens (tertiary/aromatic N) is 2. The fourth-order valence-corrected chi connectivity index (χ4v) is 1.56. The maximum Gasteiger partial charge on any atom is 0.217 e. The van der Waals surface area contributed by atoms with Gasteiger partial charge in [-0.2, -0.15) is 13.8 Å². The zero-order valence-electron chi connectivity index (χ0n) is 7.63. The Morgan fingerprint density at radius 1 is 1.14 bits per heavy atom. The predicted octanol–water partition coefficient (Wildman–Crippen LogP) is 0.769. The normalized spacial score (nSPS) is 17.1. The molecule has 1 aromatic heterocycles. The lowest BCUT2D eigenvalue weighted by Crippen LogP contribution is -2.43. The largest absolute Gasteiger partial charge is 0.369 e. The van der Waals surface area contributed by atoms with Crippen molar-refractivity contribution in [2.75, 3.05) is 31.1 Å². The molecule has 0 aliphatic carbocycles. The van der Waals surface area contributed by atoms with Gasteiger partial charge in [-0.05, 0) is 0 Å². The Bertz CT molecular complexity index is 304. The molecule has 0 spiro atoms. The highest BCUT2D eigenvalue weighted by molar-refractivity contribution is 5.45. The van der Waals surface area contributed by atoms with Crippen LogP contribution in [0.1, 0.15) is 0 Å². The molecule has 0 saturated carbocycles. The van der Waals surface area contributed by atoms with Crippen LogP contribution in [-0.2, 0) is 0 Å². The van der Waals surface area contributed by atoms with E-state index in [0.717, 1.165) is 26.2 Å². The van der Waals surface area contributed by atoms with E-state index in [1.54, 1.807) is 0 Å². The second kappa shape index (κ2) is 3.88. The Morgan fingerprint density at radius 2 is 1.71 bits per heavy atom. The van der Waals surface area contributed by atoms with E-state index in [1.807, 2.05) is 4.90 Å². The van der Waals surface area contributed by atoms with Crippen molar-refractivity contribution in [3.8, 4) is 0 Å². The van der Waals surface area contributed by atoms with Crippen molar-refractivity contribution in [3.05, 3.63) is 24.0 Å². The average molecular weight is 199 g/mol. The van der Waals surface area contributed by atoms with Gasteiger partial charge in [0, 0.05) is 44.0 Å². The van der Waals surface area contributed by atoms with E-state index < -0.39 is 11.9 Å². The van der Waals surface area contributed by atoms with Gasteiger partial charge in [-0.1, -0.05) is 0 Å². The third-order valence-electron chi connectivity index (χ3n) is 2.23. The number of piperazine rings is 1. The first-order chi connectivity index (χ1) is 6.75. The van der Waals surface area contributed by atoms with E-state index in [0.29, 0.717) is 5.69 Å². The lowest BCUT2D eigenvalue weighted by atomic mass is 10.3. The zero-order chi connectivity index (χ0) is 9.97. The molecule has 1 N–H and O–H groups in total. The van der Waals surface area contributed by atoms with Gasteiger partial charge < -0.3 is 10.2 Å². The van der Waals surface area contributed by atoms with Crippen molar-refractivity contribution in [2.45, 2.75) is 0 Å². The standard InChI is InChI=1S/C9H11F2N3/c10-8-5-7(6-9(11)13-8)14-3-1-12-2-4-14/h5-6,12H,1-4H2. The fraction of sp³-hybridized carbons (Fsp3) is 0.444. The highest BCUT2D eigenvalue weighted by atomic mass is 19.1. The monoisotopic (exact) mass is 199 g/mol. The van der Waals surface area contributed by atoms with E-state index in [4.69, 9.17) is 0 Å². The summed E-state index contributed by atoms with van der Waals surface area (Å²) >= 11 is 0. The Balaban J connectivity index is 2.21. The summed E-state index contributed by atoms with van der Waals surface area (Å²) in [6.45, 7) is 3.21. The average Bonchev–Trinajstić information content (AvgIpc) is 2.18. The molecular weight excluding hydrogens is 188 g/mol. The Labute approximate surface area is 80.7 Å². The first kappa shape index (κ1) is 9.33. The zero-order valence-corrected chi connectivity index (χ0v) is 7.63. The molecule has 2 rings (SSSR count). The van der Waals surface area contributed by atoms with Crippen LogP contribution in [0.25, 0.3) is 0 Å². The summed E-state index contributed by atoms with van der Waals surface area (Å²) in [5.41, 5.74) is 0.566. The van der Waals surface area contributed by atoms with Gasteiger partial charge in [0.15, 0.2) is 0 Å². The van der Waals surface area contributed by atoms with Gasteiger partial charge in [-0.25, -0.2) is 0 Å². The molecule has 0 unspecified atom stereocenters. The molecule has 2 heterocycles. The van der Waals surface area contributed by atoms with Gasteiger partial charge in [0.05, 0.1) is 0 Å². The summed E-state index contributed by atoms with van der Waals surface area (Å²) in [4.78, 5) is 4.99. The third kappa shape index (κ3) is 1.98. The lowest BCUT2D eigenvalue weighted by Gasteiger charge is -2.29. The van der Waals surface area contributed by atoms with Crippen LogP contribution in [0.15, 0.2) is 12.1 Å². The second-order valence-electron chi connectivity index (χ2n) is 3.21. The molecule has 1 aromatic rings. The topological polar surface area (TPSA) is 28.2 Å². The molecule has 1 aliphatic rings. The molecule has 1 saturated heterocycles. The van der Waals surface area contributed by atoms with Crippen LogP contribution in [0.4, 0.5) is 14.5 Å². The molecule has 0 amide bonds. The molecule has 76 valence electrons. The summed E-state index contributed by atoms with van der Waals surface area (Å²) < 4.78 is 25.6. The summed E-state index contributed by atoms with van der Waals surface area (Å²) in [5, 5.41) is 3.17. The van der Waals surface area contributed by atoms with Crippen molar-refractivity contribution in [3.63, 3.8) is 0 Å². The molecule has 1 fully saturated rings. The summed E-state index contributed by atoms with van der Waals surface area (Å²) in [7, 11) is 0. The minimum absolute atomic E-state index is 0.566. The Kier molecular flexibility index (Phi) is 2.58. The number of nitrogens with one attached hydrogen (secondary N) is 1. The Hall–Kier alpha value is -1.23. The molecule has 5 heteroatoms. The van der Waals surface area contributed by atoms with Crippen molar-refractivity contribution in [1.82, 2.24) is 10.3 Å². The number of pyridine rings is 1. The number of hydrogen-bond donors (Lipinski definition) is 1. The first-order valence-electron chi connectivity index (χ1n) is 4.54. The van der Waals surface area contributed by atoms with Gasteiger partial charge in [-0.3, -0.25) is 0 Å². The summed E-state index contributed by atoms with van der Waals surface area (Å²) in [6, 6.07) is 2.52. The number of hydrogen-bond acceptors (Lipinski definition) is 3. The summed E-state index contributed by atoms with van der Waals surface area (Å²) in [5.74, 6) is -1.53. The van der Waals surface area contributed by atoms with Crippen LogP contribution in [0, 0.1) is 11.9 Å².